The second-order valence-corrected chi connectivity index (χ2v) is 5.99. The van der Waals surface area contributed by atoms with E-state index < -0.39 is 0 Å². The third kappa shape index (κ3) is 2.75. The molecule has 7 nitrogen and oxygen atoms in total. The zero-order chi connectivity index (χ0) is 15.7. The van der Waals surface area contributed by atoms with E-state index in [1.54, 1.807) is 11.0 Å². The fraction of sp³-hybridized carbons (Fsp3) is 0.600. The molecule has 1 saturated heterocycles. The van der Waals surface area contributed by atoms with Crippen LogP contribution in [0.5, 0.6) is 0 Å². The van der Waals surface area contributed by atoms with E-state index in [9.17, 15) is 4.79 Å². The van der Waals surface area contributed by atoms with Gasteiger partial charge in [0, 0.05) is 12.2 Å². The molecule has 1 aliphatic rings. The molecule has 1 amide bonds. The minimum absolute atomic E-state index is 0.106. The van der Waals surface area contributed by atoms with Gasteiger partial charge in [0.25, 0.3) is 0 Å². The van der Waals surface area contributed by atoms with Gasteiger partial charge in [0.15, 0.2) is 0 Å². The molecule has 0 N–H and O–H groups in total. The average Bonchev–Trinajstić information content (AvgIpc) is 3.20. The summed E-state index contributed by atoms with van der Waals surface area (Å²) < 4.78 is 3.62. The van der Waals surface area contributed by atoms with Crippen LogP contribution in [-0.4, -0.2) is 47.9 Å². The lowest BCUT2D eigenvalue weighted by Gasteiger charge is -2.27. The number of amides is 1. The van der Waals surface area contributed by atoms with Gasteiger partial charge in [0.05, 0.1) is 18.3 Å². The maximum atomic E-state index is 12.7. The van der Waals surface area contributed by atoms with Gasteiger partial charge in [0.1, 0.15) is 18.7 Å². The van der Waals surface area contributed by atoms with Crippen molar-refractivity contribution in [3.8, 4) is 0 Å². The molecule has 7 heteroatoms. The first kappa shape index (κ1) is 14.7. The number of carbonyl (C=O) groups is 1. The second-order valence-electron chi connectivity index (χ2n) is 5.99. The summed E-state index contributed by atoms with van der Waals surface area (Å²) in [5, 5.41) is 8.59. The molecule has 2 aromatic rings. The smallest absolute Gasteiger partial charge is 0.247 e. The number of rotatable bonds is 4. The van der Waals surface area contributed by atoms with Crippen molar-refractivity contribution in [2.45, 2.75) is 52.2 Å². The number of hydrogen-bond acceptors (Lipinski definition) is 4. The highest BCUT2D eigenvalue weighted by atomic mass is 16.2. The molecular weight excluding hydrogens is 280 g/mol. The molecule has 22 heavy (non-hydrogen) atoms. The first-order valence-electron chi connectivity index (χ1n) is 7.72. The molecular formula is C15H22N6O. The summed E-state index contributed by atoms with van der Waals surface area (Å²) in [7, 11) is 0. The van der Waals surface area contributed by atoms with Crippen LogP contribution in [-0.2, 0) is 11.3 Å². The van der Waals surface area contributed by atoms with Crippen molar-refractivity contribution in [3.63, 3.8) is 0 Å². The molecule has 0 aromatic carbocycles. The van der Waals surface area contributed by atoms with Crippen LogP contribution in [0.4, 0.5) is 0 Å². The van der Waals surface area contributed by atoms with Crippen LogP contribution in [0.2, 0.25) is 0 Å². The third-order valence-corrected chi connectivity index (χ3v) is 4.34. The Kier molecular flexibility index (Phi) is 3.96. The van der Waals surface area contributed by atoms with Gasteiger partial charge >= 0.3 is 0 Å². The van der Waals surface area contributed by atoms with Gasteiger partial charge in [-0.2, -0.15) is 10.2 Å². The zero-order valence-electron chi connectivity index (χ0n) is 13.3. The first-order chi connectivity index (χ1) is 10.6. The minimum atomic E-state index is -0.316. The highest BCUT2D eigenvalue weighted by Crippen LogP contribution is 2.23. The van der Waals surface area contributed by atoms with E-state index in [2.05, 4.69) is 28.2 Å². The molecule has 0 bridgehead atoms. The summed E-state index contributed by atoms with van der Waals surface area (Å²) in [4.78, 5) is 18.6. The highest BCUT2D eigenvalue weighted by molar-refractivity contribution is 5.80. The normalized spacial score (nSPS) is 19.6. The molecule has 0 saturated carbocycles. The van der Waals surface area contributed by atoms with Crippen LogP contribution in [0.15, 0.2) is 18.7 Å². The van der Waals surface area contributed by atoms with Crippen molar-refractivity contribution >= 4 is 5.91 Å². The van der Waals surface area contributed by atoms with Gasteiger partial charge in [-0.3, -0.25) is 9.48 Å². The number of carbonyl (C=O) groups excluding carboxylic acids is 1. The average molecular weight is 302 g/mol. The number of nitrogens with zero attached hydrogens (tertiary/aromatic N) is 6. The molecule has 118 valence electrons. The maximum Gasteiger partial charge on any atom is 0.247 e. The lowest BCUT2D eigenvalue weighted by atomic mass is 10.2. The number of aryl methyl sites for hydroxylation is 2. The van der Waals surface area contributed by atoms with E-state index in [1.807, 2.05) is 23.4 Å². The summed E-state index contributed by atoms with van der Waals surface area (Å²) in [5.74, 6) is 0.106. The molecule has 1 aliphatic heterocycles. The standard InChI is InChI=1S/C15H22N6O/c1-11-7-12(2)20(18-11)8-14-5-4-6-19(14)15(22)13(3)21-10-16-9-17-21/h7,9-10,13-14H,4-6,8H2,1-3H3/t13-,14+/m0/s1. The van der Waals surface area contributed by atoms with Gasteiger partial charge < -0.3 is 4.90 Å². The first-order valence-corrected chi connectivity index (χ1v) is 7.72. The van der Waals surface area contributed by atoms with Crippen molar-refractivity contribution in [1.82, 2.24) is 29.4 Å². The Morgan fingerprint density at radius 3 is 2.91 bits per heavy atom. The maximum absolute atomic E-state index is 12.7. The monoisotopic (exact) mass is 302 g/mol. The van der Waals surface area contributed by atoms with Gasteiger partial charge in [0.2, 0.25) is 5.91 Å². The van der Waals surface area contributed by atoms with Crippen LogP contribution >= 0.6 is 0 Å². The Hall–Kier alpha value is -2.18. The third-order valence-electron chi connectivity index (χ3n) is 4.34. The van der Waals surface area contributed by atoms with Crippen molar-refractivity contribution in [3.05, 3.63) is 30.1 Å². The van der Waals surface area contributed by atoms with E-state index in [0.29, 0.717) is 0 Å². The fourth-order valence-electron chi connectivity index (χ4n) is 3.15. The van der Waals surface area contributed by atoms with Crippen LogP contribution in [0, 0.1) is 13.8 Å². The summed E-state index contributed by atoms with van der Waals surface area (Å²) in [6, 6.07) is 1.96. The molecule has 0 spiro atoms. The predicted octanol–water partition coefficient (Wildman–Crippen LogP) is 1.34. The van der Waals surface area contributed by atoms with Crippen LogP contribution in [0.1, 0.15) is 37.2 Å². The molecule has 0 aliphatic carbocycles. The van der Waals surface area contributed by atoms with Crippen molar-refractivity contribution < 1.29 is 4.79 Å². The second kappa shape index (κ2) is 5.90. The summed E-state index contributed by atoms with van der Waals surface area (Å²) in [6.07, 6.45) is 5.11. The highest BCUT2D eigenvalue weighted by Gasteiger charge is 2.32. The molecule has 0 radical (unpaired) electrons. The Bertz CT molecular complexity index is 647. The summed E-state index contributed by atoms with van der Waals surface area (Å²) >= 11 is 0. The van der Waals surface area contributed by atoms with E-state index in [0.717, 1.165) is 37.3 Å². The quantitative estimate of drug-likeness (QED) is 0.855. The number of hydrogen-bond donors (Lipinski definition) is 0. The molecule has 1 fully saturated rings. The minimum Gasteiger partial charge on any atom is -0.336 e. The Balaban J connectivity index is 1.72. The van der Waals surface area contributed by atoms with Crippen molar-refractivity contribution in [2.75, 3.05) is 6.54 Å². The Morgan fingerprint density at radius 1 is 1.45 bits per heavy atom. The van der Waals surface area contributed by atoms with Gasteiger partial charge in [-0.1, -0.05) is 0 Å². The lowest BCUT2D eigenvalue weighted by Crippen LogP contribution is -2.42. The van der Waals surface area contributed by atoms with E-state index in [1.165, 1.54) is 6.33 Å². The van der Waals surface area contributed by atoms with E-state index >= 15 is 0 Å². The zero-order valence-corrected chi connectivity index (χ0v) is 13.3. The van der Waals surface area contributed by atoms with Gasteiger partial charge in [-0.15, -0.1) is 0 Å². The number of aromatic nitrogens is 5. The topological polar surface area (TPSA) is 68.8 Å². The fourth-order valence-corrected chi connectivity index (χ4v) is 3.15. The van der Waals surface area contributed by atoms with Crippen molar-refractivity contribution in [2.24, 2.45) is 0 Å². The Labute approximate surface area is 129 Å². The van der Waals surface area contributed by atoms with Crippen LogP contribution in [0.25, 0.3) is 0 Å². The number of likely N-dealkylation sites (tertiary alicyclic amines) is 1. The molecule has 0 unspecified atom stereocenters. The van der Waals surface area contributed by atoms with Gasteiger partial charge in [-0.05, 0) is 39.7 Å². The van der Waals surface area contributed by atoms with Crippen LogP contribution in [0.3, 0.4) is 0 Å². The van der Waals surface area contributed by atoms with E-state index in [4.69, 9.17) is 0 Å². The largest absolute Gasteiger partial charge is 0.336 e. The molecule has 2 atom stereocenters. The molecule has 3 heterocycles. The van der Waals surface area contributed by atoms with Gasteiger partial charge in [-0.25, -0.2) is 9.67 Å². The molecule has 3 rings (SSSR count). The van der Waals surface area contributed by atoms with Crippen LogP contribution < -0.4 is 0 Å². The lowest BCUT2D eigenvalue weighted by molar-refractivity contribution is -0.135. The molecule has 2 aromatic heterocycles. The van der Waals surface area contributed by atoms with Crippen molar-refractivity contribution in [1.29, 1.82) is 0 Å². The SMILES string of the molecule is Cc1cc(C)n(C[C@H]2CCCN2C(=O)[C@H](C)n2cncn2)n1. The predicted molar refractivity (Wildman–Crippen MR) is 81.2 cm³/mol. The summed E-state index contributed by atoms with van der Waals surface area (Å²) in [6.45, 7) is 7.49. The van der Waals surface area contributed by atoms with E-state index in [-0.39, 0.29) is 18.0 Å². The Morgan fingerprint density at radius 2 is 2.27 bits per heavy atom. The summed E-state index contributed by atoms with van der Waals surface area (Å²) in [5.41, 5.74) is 2.16.